The predicted molar refractivity (Wildman–Crippen MR) is 76.0 cm³/mol. The quantitative estimate of drug-likeness (QED) is 0.896. The van der Waals surface area contributed by atoms with Gasteiger partial charge >= 0.3 is 4.87 Å². The summed E-state index contributed by atoms with van der Waals surface area (Å²) in [4.78, 5) is 13.4. The number of hydrogen-bond donors (Lipinski definition) is 2. The van der Waals surface area contributed by atoms with Gasteiger partial charge < -0.3 is 4.98 Å². The molecule has 0 amide bonds. The average molecular weight is 304 g/mol. The molecule has 5 nitrogen and oxygen atoms in total. The van der Waals surface area contributed by atoms with Crippen molar-refractivity contribution in [2.45, 2.75) is 56.7 Å². The van der Waals surface area contributed by atoms with Gasteiger partial charge in [-0.2, -0.15) is 0 Å². The van der Waals surface area contributed by atoms with E-state index in [0.29, 0.717) is 5.69 Å². The van der Waals surface area contributed by atoms with E-state index >= 15 is 0 Å². The van der Waals surface area contributed by atoms with Gasteiger partial charge in [0, 0.05) is 11.7 Å². The van der Waals surface area contributed by atoms with Crippen molar-refractivity contribution in [2.24, 2.45) is 5.41 Å². The van der Waals surface area contributed by atoms with E-state index in [2.05, 4.69) is 23.6 Å². The number of aromatic nitrogens is 1. The van der Waals surface area contributed by atoms with Crippen LogP contribution in [0.4, 0.5) is 0 Å². The molecule has 0 radical (unpaired) electrons. The Morgan fingerprint density at radius 1 is 1.42 bits per heavy atom. The fraction of sp³-hybridized carbons (Fsp3) is 0.750. The van der Waals surface area contributed by atoms with Gasteiger partial charge in [0.15, 0.2) is 4.21 Å². The topological polar surface area (TPSA) is 79.0 Å². The maximum atomic E-state index is 12.3. The fourth-order valence-corrected chi connectivity index (χ4v) is 5.31. The Morgan fingerprint density at radius 2 is 2.11 bits per heavy atom. The van der Waals surface area contributed by atoms with Crippen molar-refractivity contribution in [1.29, 1.82) is 0 Å². The first-order chi connectivity index (χ1) is 8.70. The lowest BCUT2D eigenvalue weighted by atomic mass is 9.75. The second kappa shape index (κ2) is 5.03. The summed E-state index contributed by atoms with van der Waals surface area (Å²) in [5.74, 6) is 0. The molecule has 19 heavy (non-hydrogen) atoms. The van der Waals surface area contributed by atoms with Crippen molar-refractivity contribution in [1.82, 2.24) is 9.71 Å². The van der Waals surface area contributed by atoms with Crippen LogP contribution in [-0.2, 0) is 10.0 Å². The molecule has 1 aromatic heterocycles. The Hall–Kier alpha value is -0.660. The molecule has 0 aromatic carbocycles. The van der Waals surface area contributed by atoms with Crippen LogP contribution in [-0.4, -0.2) is 19.4 Å². The van der Waals surface area contributed by atoms with Crippen molar-refractivity contribution < 1.29 is 8.42 Å². The lowest BCUT2D eigenvalue weighted by Gasteiger charge is -2.35. The molecule has 0 aliphatic heterocycles. The number of aromatic amines is 1. The van der Waals surface area contributed by atoms with Crippen molar-refractivity contribution in [3.8, 4) is 0 Å². The Bertz CT molecular complexity index is 613. The molecular weight excluding hydrogens is 284 g/mol. The highest BCUT2D eigenvalue weighted by atomic mass is 32.2. The van der Waals surface area contributed by atoms with Gasteiger partial charge in [-0.05, 0) is 31.6 Å². The maximum absolute atomic E-state index is 12.3. The van der Waals surface area contributed by atoms with Gasteiger partial charge in [-0.15, -0.1) is 0 Å². The van der Waals surface area contributed by atoms with E-state index in [1.54, 1.807) is 6.92 Å². The molecule has 7 heteroatoms. The van der Waals surface area contributed by atoms with Gasteiger partial charge in [-0.3, -0.25) is 4.79 Å². The van der Waals surface area contributed by atoms with Crippen LogP contribution in [0.2, 0.25) is 0 Å². The number of thiazole rings is 1. The van der Waals surface area contributed by atoms with Crippen molar-refractivity contribution in [2.75, 3.05) is 0 Å². The zero-order valence-corrected chi connectivity index (χ0v) is 13.1. The van der Waals surface area contributed by atoms with Crippen LogP contribution in [0.3, 0.4) is 0 Å². The molecule has 1 fully saturated rings. The smallest absolute Gasteiger partial charge is 0.305 e. The van der Waals surface area contributed by atoms with Crippen LogP contribution in [0.15, 0.2) is 9.00 Å². The van der Waals surface area contributed by atoms with Crippen LogP contribution in [0.5, 0.6) is 0 Å². The Labute approximate surface area is 117 Å². The largest absolute Gasteiger partial charge is 0.315 e. The van der Waals surface area contributed by atoms with Crippen LogP contribution >= 0.6 is 11.3 Å². The first kappa shape index (κ1) is 14.7. The van der Waals surface area contributed by atoms with E-state index in [9.17, 15) is 13.2 Å². The molecule has 1 heterocycles. The predicted octanol–water partition coefficient (Wildman–Crippen LogP) is 1.99. The standard InChI is InChI=1S/C12H20N2O3S2/c1-8-10(18-11(15)13-8)19(16,17)14-9-5-4-6-12(2,3)7-9/h9,14H,4-7H2,1-3H3,(H,13,15). The molecule has 0 bridgehead atoms. The SMILES string of the molecule is Cc1[nH]c(=O)sc1S(=O)(=O)NC1CCCC(C)(C)C1. The third kappa shape index (κ3) is 3.46. The first-order valence-corrected chi connectivity index (χ1v) is 8.72. The van der Waals surface area contributed by atoms with Gasteiger partial charge in [0.05, 0.1) is 0 Å². The summed E-state index contributed by atoms with van der Waals surface area (Å²) in [6, 6.07) is -0.0367. The second-order valence-electron chi connectivity index (χ2n) is 6.01. The average Bonchev–Trinajstić information content (AvgIpc) is 2.56. The van der Waals surface area contributed by atoms with E-state index in [-0.39, 0.29) is 20.5 Å². The van der Waals surface area contributed by atoms with Gasteiger partial charge in [-0.25, -0.2) is 13.1 Å². The minimum atomic E-state index is -3.58. The molecule has 0 spiro atoms. The third-order valence-electron chi connectivity index (χ3n) is 3.55. The minimum Gasteiger partial charge on any atom is -0.315 e. The number of sulfonamides is 1. The van der Waals surface area contributed by atoms with Gasteiger partial charge in [-0.1, -0.05) is 31.6 Å². The summed E-state index contributed by atoms with van der Waals surface area (Å²) in [6.07, 6.45) is 3.86. The van der Waals surface area contributed by atoms with Gasteiger partial charge in [0.1, 0.15) is 0 Å². The number of hydrogen-bond acceptors (Lipinski definition) is 4. The van der Waals surface area contributed by atoms with E-state index in [1.807, 2.05) is 0 Å². The monoisotopic (exact) mass is 304 g/mol. The summed E-state index contributed by atoms with van der Waals surface area (Å²) in [5, 5.41) is 0. The summed E-state index contributed by atoms with van der Waals surface area (Å²) in [5.41, 5.74) is 0.587. The zero-order chi connectivity index (χ0) is 14.3. The molecule has 108 valence electrons. The van der Waals surface area contributed by atoms with E-state index in [0.717, 1.165) is 37.0 Å². The minimum absolute atomic E-state index is 0.0367. The van der Waals surface area contributed by atoms with E-state index in [4.69, 9.17) is 0 Å². The molecule has 1 aliphatic carbocycles. The number of H-pyrrole nitrogens is 1. The van der Waals surface area contributed by atoms with E-state index in [1.165, 1.54) is 0 Å². The molecular formula is C12H20N2O3S2. The Kier molecular flexibility index (Phi) is 3.90. The zero-order valence-electron chi connectivity index (χ0n) is 11.4. The lowest BCUT2D eigenvalue weighted by molar-refractivity contribution is 0.212. The Balaban J connectivity index is 2.18. The van der Waals surface area contributed by atoms with Crippen LogP contribution in [0.25, 0.3) is 0 Å². The highest BCUT2D eigenvalue weighted by Gasteiger charge is 2.32. The van der Waals surface area contributed by atoms with Crippen LogP contribution in [0.1, 0.15) is 45.2 Å². The third-order valence-corrected chi connectivity index (χ3v) is 6.68. The molecule has 2 N–H and O–H groups in total. The van der Waals surface area contributed by atoms with Crippen LogP contribution < -0.4 is 9.60 Å². The molecule has 1 atom stereocenters. The molecule has 1 aromatic rings. The maximum Gasteiger partial charge on any atom is 0.305 e. The van der Waals surface area contributed by atoms with Crippen molar-refractivity contribution >= 4 is 21.4 Å². The number of aryl methyl sites for hydroxylation is 1. The summed E-state index contributed by atoms with van der Waals surface area (Å²) >= 11 is 0.748. The molecule has 2 rings (SSSR count). The van der Waals surface area contributed by atoms with Gasteiger partial charge in [0.25, 0.3) is 10.0 Å². The normalized spacial score (nSPS) is 23.4. The molecule has 1 aliphatic rings. The van der Waals surface area contributed by atoms with E-state index < -0.39 is 10.0 Å². The van der Waals surface area contributed by atoms with Gasteiger partial charge in [0.2, 0.25) is 0 Å². The van der Waals surface area contributed by atoms with Crippen LogP contribution in [0, 0.1) is 12.3 Å². The van der Waals surface area contributed by atoms with Crippen molar-refractivity contribution in [3.05, 3.63) is 15.4 Å². The second-order valence-corrected chi connectivity index (χ2v) is 8.90. The molecule has 1 unspecified atom stereocenters. The Morgan fingerprint density at radius 3 is 2.63 bits per heavy atom. The highest BCUT2D eigenvalue weighted by molar-refractivity contribution is 7.91. The number of nitrogens with one attached hydrogen (secondary N) is 2. The fourth-order valence-electron chi connectivity index (χ4n) is 2.72. The highest BCUT2D eigenvalue weighted by Crippen LogP contribution is 2.35. The lowest BCUT2D eigenvalue weighted by Crippen LogP contribution is -2.40. The summed E-state index contributed by atoms with van der Waals surface area (Å²) in [6.45, 7) is 5.93. The molecule has 0 saturated heterocycles. The van der Waals surface area contributed by atoms with Crippen molar-refractivity contribution in [3.63, 3.8) is 0 Å². The summed E-state index contributed by atoms with van der Waals surface area (Å²) in [7, 11) is -3.58. The summed E-state index contributed by atoms with van der Waals surface area (Å²) < 4.78 is 27.4. The first-order valence-electron chi connectivity index (χ1n) is 6.42. The molecule has 1 saturated carbocycles. The number of rotatable bonds is 3.